The molecule has 1 aliphatic rings. The monoisotopic (exact) mass is 277 g/mol. The zero-order chi connectivity index (χ0) is 14.2. The average Bonchev–Trinajstić information content (AvgIpc) is 3.02. The number of aliphatic hydroxyl groups is 1. The molecule has 104 valence electrons. The van der Waals surface area contributed by atoms with E-state index in [2.05, 4.69) is 4.98 Å². The lowest BCUT2D eigenvalue weighted by Crippen LogP contribution is -2.04. The number of nitrogens with zero attached hydrogens (tertiary/aromatic N) is 1. The second-order valence-corrected chi connectivity index (χ2v) is 5.27. The lowest BCUT2D eigenvalue weighted by molar-refractivity contribution is 0.209. The van der Waals surface area contributed by atoms with Crippen molar-refractivity contribution in [2.24, 2.45) is 0 Å². The number of aromatic nitrogens is 1. The maximum Gasteiger partial charge on any atom is 0.128 e. The molecule has 0 aliphatic carbocycles. The quantitative estimate of drug-likeness (QED) is 0.782. The largest absolute Gasteiger partial charge is 0.493 e. The molecule has 2 heterocycles. The highest BCUT2D eigenvalue weighted by molar-refractivity contribution is 5.78. The van der Waals surface area contributed by atoms with E-state index >= 15 is 0 Å². The van der Waals surface area contributed by atoms with Crippen molar-refractivity contribution in [2.45, 2.75) is 12.5 Å². The highest BCUT2D eigenvalue weighted by Gasteiger charge is 2.22. The lowest BCUT2D eigenvalue weighted by Gasteiger charge is -2.14. The predicted octanol–water partition coefficient (Wildman–Crippen LogP) is 3.25. The molecule has 3 aromatic rings. The third-order valence-corrected chi connectivity index (χ3v) is 3.94. The van der Waals surface area contributed by atoms with Crippen molar-refractivity contribution in [3.8, 4) is 5.75 Å². The fourth-order valence-corrected chi connectivity index (χ4v) is 2.85. The van der Waals surface area contributed by atoms with Crippen LogP contribution in [0.25, 0.3) is 10.9 Å². The molecule has 1 aromatic heterocycles. The Morgan fingerprint density at radius 3 is 2.86 bits per heavy atom. The van der Waals surface area contributed by atoms with Crippen molar-refractivity contribution in [2.75, 3.05) is 6.61 Å². The topological polar surface area (TPSA) is 42.4 Å². The number of rotatable bonds is 2. The van der Waals surface area contributed by atoms with E-state index in [0.29, 0.717) is 12.3 Å². The minimum absolute atomic E-state index is 0.651. The standard InChI is InChI=1S/C18H15NO2/c20-17(14-6-3-5-13-10-11-21-18(13)14)16-9-8-12-4-1-2-7-15(12)19-16/h1-9,17,20H,10-11H2. The summed E-state index contributed by atoms with van der Waals surface area (Å²) >= 11 is 0. The predicted molar refractivity (Wildman–Crippen MR) is 81.4 cm³/mol. The second kappa shape index (κ2) is 4.86. The van der Waals surface area contributed by atoms with E-state index in [1.807, 2.05) is 54.6 Å². The number of hydrogen-bond acceptors (Lipinski definition) is 3. The summed E-state index contributed by atoms with van der Waals surface area (Å²) in [5.41, 5.74) is 3.50. The molecule has 4 rings (SSSR count). The maximum absolute atomic E-state index is 10.7. The van der Waals surface area contributed by atoms with E-state index in [1.54, 1.807) is 0 Å². The van der Waals surface area contributed by atoms with Crippen LogP contribution in [0.4, 0.5) is 0 Å². The summed E-state index contributed by atoms with van der Waals surface area (Å²) in [5, 5.41) is 11.7. The van der Waals surface area contributed by atoms with Crippen LogP contribution < -0.4 is 4.74 Å². The third kappa shape index (κ3) is 2.06. The molecule has 2 aromatic carbocycles. The van der Waals surface area contributed by atoms with Gasteiger partial charge in [0.25, 0.3) is 0 Å². The molecule has 1 aliphatic heterocycles. The second-order valence-electron chi connectivity index (χ2n) is 5.27. The van der Waals surface area contributed by atoms with Gasteiger partial charge in [0.1, 0.15) is 11.9 Å². The van der Waals surface area contributed by atoms with Crippen molar-refractivity contribution < 1.29 is 9.84 Å². The Morgan fingerprint density at radius 1 is 1.00 bits per heavy atom. The van der Waals surface area contributed by atoms with E-state index in [1.165, 1.54) is 0 Å². The molecule has 1 unspecified atom stereocenters. The van der Waals surface area contributed by atoms with Gasteiger partial charge in [-0.2, -0.15) is 0 Å². The van der Waals surface area contributed by atoms with Crippen molar-refractivity contribution in [3.63, 3.8) is 0 Å². The van der Waals surface area contributed by atoms with Gasteiger partial charge in [0.15, 0.2) is 0 Å². The van der Waals surface area contributed by atoms with Crippen molar-refractivity contribution in [3.05, 3.63) is 71.4 Å². The molecular formula is C18H15NO2. The van der Waals surface area contributed by atoms with Gasteiger partial charge in [-0.15, -0.1) is 0 Å². The van der Waals surface area contributed by atoms with E-state index in [0.717, 1.165) is 34.2 Å². The van der Waals surface area contributed by atoms with Crippen LogP contribution in [0.15, 0.2) is 54.6 Å². The zero-order valence-electron chi connectivity index (χ0n) is 11.5. The SMILES string of the molecule is OC(c1ccc2ccccc2n1)c1cccc2c1OCC2. The number of hydrogen-bond donors (Lipinski definition) is 1. The first-order valence-electron chi connectivity index (χ1n) is 7.11. The van der Waals surface area contributed by atoms with Crippen LogP contribution in [0.5, 0.6) is 5.75 Å². The Hall–Kier alpha value is -2.39. The first kappa shape index (κ1) is 12.4. The summed E-state index contributed by atoms with van der Waals surface area (Å²) in [7, 11) is 0. The number of para-hydroxylation sites is 2. The van der Waals surface area contributed by atoms with Gasteiger partial charge < -0.3 is 9.84 Å². The summed E-state index contributed by atoms with van der Waals surface area (Å²) in [6.45, 7) is 0.685. The summed E-state index contributed by atoms with van der Waals surface area (Å²) in [6.07, 6.45) is 0.142. The van der Waals surface area contributed by atoms with Gasteiger partial charge in [0.2, 0.25) is 0 Å². The maximum atomic E-state index is 10.7. The van der Waals surface area contributed by atoms with Crippen LogP contribution in [0.1, 0.15) is 22.9 Å². The number of benzene rings is 2. The third-order valence-electron chi connectivity index (χ3n) is 3.94. The highest BCUT2D eigenvalue weighted by atomic mass is 16.5. The molecule has 21 heavy (non-hydrogen) atoms. The Balaban J connectivity index is 1.80. The summed E-state index contributed by atoms with van der Waals surface area (Å²) in [4.78, 5) is 4.57. The van der Waals surface area contributed by atoms with Crippen LogP contribution in [0.2, 0.25) is 0 Å². The Morgan fingerprint density at radius 2 is 1.90 bits per heavy atom. The molecule has 0 saturated carbocycles. The molecule has 0 saturated heterocycles. The van der Waals surface area contributed by atoms with E-state index in [-0.39, 0.29) is 0 Å². The highest BCUT2D eigenvalue weighted by Crippen LogP contribution is 2.35. The molecule has 0 amide bonds. The molecule has 0 fully saturated rings. The molecule has 0 spiro atoms. The molecule has 1 N–H and O–H groups in total. The number of aliphatic hydroxyl groups excluding tert-OH is 1. The molecule has 3 heteroatoms. The van der Waals surface area contributed by atoms with Crippen LogP contribution in [-0.2, 0) is 6.42 Å². The zero-order valence-corrected chi connectivity index (χ0v) is 11.5. The fraction of sp³-hybridized carbons (Fsp3) is 0.167. The van der Waals surface area contributed by atoms with Gasteiger partial charge in [-0.25, -0.2) is 4.98 Å². The normalized spacial score (nSPS) is 14.7. The Kier molecular flexibility index (Phi) is 2.86. The Labute approximate surface area is 122 Å². The summed E-state index contributed by atoms with van der Waals surface area (Å²) in [5.74, 6) is 0.819. The number of ether oxygens (including phenoxy) is 1. The van der Waals surface area contributed by atoms with Gasteiger partial charge in [0, 0.05) is 17.4 Å². The minimum Gasteiger partial charge on any atom is -0.493 e. The molecule has 1 atom stereocenters. The molecular weight excluding hydrogens is 262 g/mol. The van der Waals surface area contributed by atoms with Crippen LogP contribution >= 0.6 is 0 Å². The summed E-state index contributed by atoms with van der Waals surface area (Å²) in [6, 6.07) is 17.7. The van der Waals surface area contributed by atoms with Crippen LogP contribution in [0.3, 0.4) is 0 Å². The lowest BCUT2D eigenvalue weighted by atomic mass is 10.0. The van der Waals surface area contributed by atoms with Crippen molar-refractivity contribution >= 4 is 10.9 Å². The Bertz CT molecular complexity index is 813. The van der Waals surface area contributed by atoms with Gasteiger partial charge in [-0.05, 0) is 17.7 Å². The van der Waals surface area contributed by atoms with Gasteiger partial charge in [0.05, 0.1) is 17.8 Å². The van der Waals surface area contributed by atoms with E-state index < -0.39 is 6.10 Å². The van der Waals surface area contributed by atoms with Crippen molar-refractivity contribution in [1.29, 1.82) is 0 Å². The van der Waals surface area contributed by atoms with Gasteiger partial charge in [-0.3, -0.25) is 0 Å². The fourth-order valence-electron chi connectivity index (χ4n) is 2.85. The molecule has 0 radical (unpaired) electrons. The number of pyridine rings is 1. The van der Waals surface area contributed by atoms with Crippen LogP contribution in [-0.4, -0.2) is 16.7 Å². The van der Waals surface area contributed by atoms with Crippen molar-refractivity contribution in [1.82, 2.24) is 4.98 Å². The molecule has 0 bridgehead atoms. The average molecular weight is 277 g/mol. The first-order valence-corrected chi connectivity index (χ1v) is 7.11. The smallest absolute Gasteiger partial charge is 0.128 e. The minimum atomic E-state index is -0.761. The van der Waals surface area contributed by atoms with Gasteiger partial charge in [-0.1, -0.05) is 42.5 Å². The number of fused-ring (bicyclic) bond motifs is 2. The molecule has 3 nitrogen and oxygen atoms in total. The summed E-state index contributed by atoms with van der Waals surface area (Å²) < 4.78 is 5.67. The van der Waals surface area contributed by atoms with E-state index in [4.69, 9.17) is 4.74 Å². The van der Waals surface area contributed by atoms with Crippen LogP contribution in [0, 0.1) is 0 Å². The van der Waals surface area contributed by atoms with E-state index in [9.17, 15) is 5.11 Å². The van der Waals surface area contributed by atoms with Gasteiger partial charge >= 0.3 is 0 Å². The first-order chi connectivity index (χ1) is 10.3.